The van der Waals surface area contributed by atoms with Crippen molar-refractivity contribution in [1.29, 1.82) is 0 Å². The smallest absolute Gasteiger partial charge is 0.245 e. The zero-order valence-corrected chi connectivity index (χ0v) is 44.9. The fourth-order valence-corrected chi connectivity index (χ4v) is 9.90. The SMILES string of the molecule is NCCCC[C@H]1NC(=O)[C@H](Cc2cnc[nH]2)NC(=O)[C@@H](Cc2c[nH]c3ccccc23)NC(=O)[C@H](Cc2c[nH]c3ccccc23)NC(=O)[C@@H](Cc2cnc[nH]2)NC(=O)[C@H](Cc2cnc[nH]2)NC(=O)[C@@H](Cc2cnc[nH]2)NC(=O)[C@H](CO)NC1=O. The summed E-state index contributed by atoms with van der Waals surface area (Å²) in [4.78, 5) is 153. The number of fused-ring (bicyclic) bond motifs is 2. The van der Waals surface area contributed by atoms with Gasteiger partial charge < -0.3 is 83.3 Å². The van der Waals surface area contributed by atoms with Crippen LogP contribution >= 0.6 is 0 Å². The molecule has 28 nitrogen and oxygen atoms in total. The van der Waals surface area contributed by atoms with Crippen molar-refractivity contribution < 1.29 is 43.5 Å². The van der Waals surface area contributed by atoms with Crippen LogP contribution < -0.4 is 48.3 Å². The number of hydrogen-bond donors (Lipinski definition) is 16. The van der Waals surface area contributed by atoms with Crippen molar-refractivity contribution in [3.63, 3.8) is 0 Å². The number of nitrogens with zero attached hydrogens (tertiary/aromatic N) is 4. The number of nitrogens with two attached hydrogens (primary N) is 1. The van der Waals surface area contributed by atoms with E-state index in [1.807, 2.05) is 48.5 Å². The van der Waals surface area contributed by atoms with Gasteiger partial charge in [-0.1, -0.05) is 36.4 Å². The predicted octanol–water partition coefficient (Wildman–Crippen LogP) is -1.69. The van der Waals surface area contributed by atoms with Gasteiger partial charge in [-0.3, -0.25) is 38.4 Å². The molecule has 1 aliphatic heterocycles. The van der Waals surface area contributed by atoms with Gasteiger partial charge in [0.15, 0.2) is 0 Å². The topological polar surface area (TPSA) is 425 Å². The fourth-order valence-electron chi connectivity index (χ4n) is 9.90. The molecule has 2 aromatic carbocycles. The highest BCUT2D eigenvalue weighted by Crippen LogP contribution is 2.22. The van der Waals surface area contributed by atoms with Crippen LogP contribution in [0.4, 0.5) is 0 Å². The number of nitrogens with one attached hydrogen (secondary N) is 14. The van der Waals surface area contributed by atoms with Crippen molar-refractivity contribution in [2.75, 3.05) is 13.2 Å². The number of carbonyl (C=O) groups is 8. The van der Waals surface area contributed by atoms with Crippen LogP contribution in [0.5, 0.6) is 0 Å². The zero-order chi connectivity index (χ0) is 58.2. The Morgan fingerprint density at radius 1 is 0.373 bits per heavy atom. The maximum absolute atomic E-state index is 15.3. The van der Waals surface area contributed by atoms with Gasteiger partial charge in [0.1, 0.15) is 48.3 Å². The number of benzene rings is 2. The van der Waals surface area contributed by atoms with Gasteiger partial charge in [-0.15, -0.1) is 0 Å². The number of rotatable bonds is 17. The number of aliphatic hydroxyl groups is 1. The fraction of sp³-hybridized carbons (Fsp3) is 0.345. The molecule has 7 heterocycles. The number of aromatic nitrogens is 10. The summed E-state index contributed by atoms with van der Waals surface area (Å²) < 4.78 is 0. The molecule has 1 fully saturated rings. The number of carbonyl (C=O) groups excluding carboxylic acids is 8. The van der Waals surface area contributed by atoms with Gasteiger partial charge >= 0.3 is 0 Å². The Balaban J connectivity index is 1.13. The van der Waals surface area contributed by atoms with Crippen LogP contribution in [0.15, 0.2) is 111 Å². The average Bonchev–Trinajstić information content (AvgIpc) is 4.34. The van der Waals surface area contributed by atoms with Crippen molar-refractivity contribution >= 4 is 69.1 Å². The number of unbranched alkanes of at least 4 members (excludes halogenated alkanes) is 1. The first kappa shape index (κ1) is 57.7. The molecule has 6 aromatic heterocycles. The lowest BCUT2D eigenvalue weighted by molar-refractivity contribution is -0.137. The van der Waals surface area contributed by atoms with E-state index in [1.54, 1.807) is 12.4 Å². The third-order valence-electron chi connectivity index (χ3n) is 14.3. The lowest BCUT2D eigenvalue weighted by Crippen LogP contribution is -2.62. The molecule has 9 rings (SSSR count). The lowest BCUT2D eigenvalue weighted by atomic mass is 10.00. The molecule has 28 heteroatoms. The van der Waals surface area contributed by atoms with Crippen LogP contribution in [0, 0.1) is 0 Å². The first-order valence-electron chi connectivity index (χ1n) is 27.0. The molecule has 8 aromatic rings. The lowest BCUT2D eigenvalue weighted by Gasteiger charge is -2.29. The Bertz CT molecular complexity index is 3470. The third kappa shape index (κ3) is 15.1. The first-order valence-corrected chi connectivity index (χ1v) is 27.0. The second-order valence-electron chi connectivity index (χ2n) is 20.2. The van der Waals surface area contributed by atoms with E-state index in [2.05, 4.69) is 92.4 Å². The number of para-hydroxylation sites is 2. The van der Waals surface area contributed by atoms with Crippen LogP contribution in [0.2, 0.25) is 0 Å². The van der Waals surface area contributed by atoms with E-state index in [0.29, 0.717) is 46.7 Å². The van der Waals surface area contributed by atoms with Crippen LogP contribution in [0.1, 0.15) is 53.2 Å². The third-order valence-corrected chi connectivity index (χ3v) is 14.3. The second kappa shape index (κ2) is 27.5. The van der Waals surface area contributed by atoms with E-state index < -0.39 is 102 Å². The number of imidazole rings is 4. The number of aromatic amines is 6. The number of hydrogen-bond acceptors (Lipinski definition) is 14. The standard InChI is InChI=1S/C55H65N19O9/c56-12-6-5-11-40-48(76)74-47(25-75)55(83)73-46(18-35-24-60-29-66-35)54(82)72-45(17-34-23-59-28-65-34)53(81)71-44(16-33-22-58-27-64-33)52(80)69-41(13-30-19-61-38-9-3-1-7-36(30)38)49(77)68-42(14-31-20-62-39-10-4-2-8-37(31)39)50(78)70-43(51(79)67-40)15-32-21-57-26-63-32/h1-4,7-10,19-24,26-29,40-47,61-62,75H,5-6,11-18,25,56H2,(H,57,63)(H,58,64)(H,59,65)(H,60,66)(H,67,79)(H,68,77)(H,69,80)(H,70,78)(H,71,81)(H,72,82)(H,73,83)(H,74,76)/t40-,41+,42-,43+,44-,45+,46-,47+/m1/s1. The molecule has 0 unspecified atom stereocenters. The highest BCUT2D eigenvalue weighted by molar-refractivity contribution is 6.00. The molecule has 0 radical (unpaired) electrons. The van der Waals surface area contributed by atoms with Crippen molar-refractivity contribution in [2.24, 2.45) is 5.73 Å². The van der Waals surface area contributed by atoms with Crippen LogP contribution in [0.25, 0.3) is 21.8 Å². The minimum Gasteiger partial charge on any atom is -0.394 e. The molecule has 8 atom stereocenters. The average molecular weight is 1140 g/mol. The van der Waals surface area contributed by atoms with Crippen LogP contribution in [-0.4, -0.2) is 164 Å². The summed E-state index contributed by atoms with van der Waals surface area (Å²) in [7, 11) is 0. The van der Waals surface area contributed by atoms with Crippen molar-refractivity contribution in [3.05, 3.63) is 145 Å². The van der Waals surface area contributed by atoms with Gasteiger partial charge in [0.05, 0.1) is 31.9 Å². The van der Waals surface area contributed by atoms with E-state index in [1.165, 1.54) is 50.1 Å². The summed E-state index contributed by atoms with van der Waals surface area (Å²) >= 11 is 0. The van der Waals surface area contributed by atoms with Crippen molar-refractivity contribution in [2.45, 2.75) is 106 Å². The van der Waals surface area contributed by atoms with E-state index >= 15 is 14.4 Å². The van der Waals surface area contributed by atoms with Gasteiger partial charge in [0, 0.05) is 120 Å². The van der Waals surface area contributed by atoms with Crippen molar-refractivity contribution in [3.8, 4) is 0 Å². The molecule has 1 aliphatic rings. The Kier molecular flexibility index (Phi) is 19.1. The monoisotopic (exact) mass is 1140 g/mol. The van der Waals surface area contributed by atoms with E-state index in [4.69, 9.17) is 5.73 Å². The molecular formula is C55H65N19O9. The summed E-state index contributed by atoms with van der Waals surface area (Å²) in [5, 5.41) is 34.0. The molecule has 8 amide bonds. The Morgan fingerprint density at radius 3 is 1.00 bits per heavy atom. The minimum atomic E-state index is -1.70. The molecule has 0 spiro atoms. The summed E-state index contributed by atoms with van der Waals surface area (Å²) in [6.45, 7) is -0.719. The minimum absolute atomic E-state index is 0.00453. The highest BCUT2D eigenvalue weighted by atomic mass is 16.3. The molecule has 0 saturated carbocycles. The van der Waals surface area contributed by atoms with Crippen LogP contribution in [0.3, 0.4) is 0 Å². The van der Waals surface area contributed by atoms with Gasteiger partial charge in [-0.25, -0.2) is 19.9 Å². The maximum atomic E-state index is 15.3. The summed E-state index contributed by atoms with van der Waals surface area (Å²) in [6, 6.07) is 2.86. The number of amides is 8. The van der Waals surface area contributed by atoms with Crippen LogP contribution in [-0.2, 0) is 76.9 Å². The molecule has 17 N–H and O–H groups in total. The predicted molar refractivity (Wildman–Crippen MR) is 299 cm³/mol. The number of H-pyrrole nitrogens is 6. The summed E-state index contributed by atoms with van der Waals surface area (Å²) in [5.41, 5.74) is 10.1. The van der Waals surface area contributed by atoms with Gasteiger partial charge in [0.25, 0.3) is 0 Å². The van der Waals surface area contributed by atoms with Gasteiger partial charge in [-0.05, 0) is 49.1 Å². The first-order chi connectivity index (χ1) is 40.3. The molecule has 434 valence electrons. The normalized spacial score (nSPS) is 22.1. The Morgan fingerprint density at radius 2 is 0.675 bits per heavy atom. The second-order valence-corrected chi connectivity index (χ2v) is 20.2. The van der Waals surface area contributed by atoms with E-state index in [0.717, 1.165) is 21.8 Å². The Hall–Kier alpha value is -9.96. The van der Waals surface area contributed by atoms with Crippen molar-refractivity contribution in [1.82, 2.24) is 92.4 Å². The number of aliphatic hydroxyl groups excluding tert-OH is 1. The summed E-state index contributed by atoms with van der Waals surface area (Å²) in [6.07, 6.45) is 14.3. The molecular weight excluding hydrogens is 1070 g/mol. The van der Waals surface area contributed by atoms with Gasteiger partial charge in [-0.2, -0.15) is 0 Å². The maximum Gasteiger partial charge on any atom is 0.245 e. The molecule has 1 saturated heterocycles. The quantitative estimate of drug-likeness (QED) is 0.0453. The highest BCUT2D eigenvalue weighted by Gasteiger charge is 2.37. The summed E-state index contributed by atoms with van der Waals surface area (Å²) in [5.74, 6) is -6.99. The van der Waals surface area contributed by atoms with E-state index in [9.17, 15) is 29.1 Å². The van der Waals surface area contributed by atoms with E-state index in [-0.39, 0.29) is 51.5 Å². The molecule has 0 bridgehead atoms. The molecule has 0 aliphatic carbocycles. The Labute approximate surface area is 473 Å². The molecule has 83 heavy (non-hydrogen) atoms. The zero-order valence-electron chi connectivity index (χ0n) is 44.9. The van der Waals surface area contributed by atoms with Gasteiger partial charge in [0.2, 0.25) is 47.3 Å². The largest absolute Gasteiger partial charge is 0.394 e.